The van der Waals surface area contributed by atoms with Crippen molar-refractivity contribution in [3.63, 3.8) is 0 Å². The van der Waals surface area contributed by atoms with E-state index in [1.807, 2.05) is 0 Å². The zero-order valence-electron chi connectivity index (χ0n) is 22.5. The first-order chi connectivity index (χ1) is 20.9. The van der Waals surface area contributed by atoms with Gasteiger partial charge in [0.15, 0.2) is 53.6 Å². The number of nitrogen functional groups attached to an aromatic ring is 2. The molecule has 0 spiro atoms. The Morgan fingerprint density at radius 2 is 1.32 bits per heavy atom. The molecule has 3 fully saturated rings. The molecule has 10 unspecified atom stereocenters. The molecule has 0 aliphatic carbocycles. The van der Waals surface area contributed by atoms with Gasteiger partial charge < -0.3 is 63.1 Å². The summed E-state index contributed by atoms with van der Waals surface area (Å²) in [4.78, 5) is 36.0. The van der Waals surface area contributed by atoms with Crippen LogP contribution in [0.1, 0.15) is 12.5 Å². The van der Waals surface area contributed by atoms with Crippen LogP contribution in [-0.4, -0.2) is 93.6 Å². The van der Waals surface area contributed by atoms with E-state index < -0.39 is 62.5 Å². The smallest absolute Gasteiger partial charge is 0.325 e. The number of nitrogens with two attached hydrogens (primary N) is 2. The summed E-state index contributed by atoms with van der Waals surface area (Å²) in [5.41, 5.74) is 21.7. The van der Waals surface area contributed by atoms with Crippen molar-refractivity contribution in [2.45, 2.75) is 49.0 Å². The number of hydrogen-bond acceptors (Lipinski definition) is 17. The maximum atomic E-state index is 13.5. The highest BCUT2D eigenvalue weighted by Gasteiger charge is 2.53. The normalized spacial score (nSPS) is 38.3. The van der Waals surface area contributed by atoms with Gasteiger partial charge in [0.2, 0.25) is 6.80 Å². The van der Waals surface area contributed by atoms with Gasteiger partial charge in [0.25, 0.3) is 0 Å². The molecule has 4 aromatic rings. The monoisotopic (exact) mass is 689 g/mol. The number of fused-ring (bicyclic) bond motifs is 4. The lowest BCUT2D eigenvalue weighted by Gasteiger charge is -2.32. The minimum absolute atomic E-state index is 0.178. The van der Waals surface area contributed by atoms with Crippen LogP contribution in [0.3, 0.4) is 0 Å². The SMILES string of the molecule is Nc1ncnc2c1ncn2C1OC2COP(O)(=S)OC3C(COP(=O)([S-])OC2C1[NH3+])OC(n1cnc2c(N)ncnc21)C3[NH3+]. The first kappa shape index (κ1) is 30.2. The molecular weight excluding hydrogens is 662 g/mol. The van der Waals surface area contributed by atoms with Gasteiger partial charge in [0, 0.05) is 0 Å². The van der Waals surface area contributed by atoms with Crippen LogP contribution >= 0.6 is 13.5 Å². The predicted octanol–water partition coefficient (Wildman–Crippen LogP) is -2.46. The maximum Gasteiger partial charge on any atom is 0.325 e. The van der Waals surface area contributed by atoms with Crippen molar-refractivity contribution >= 4 is 71.5 Å². The zero-order valence-corrected chi connectivity index (χ0v) is 25.9. The molecule has 24 heteroatoms. The van der Waals surface area contributed by atoms with E-state index in [4.69, 9.17) is 63.1 Å². The largest absolute Gasteiger partial charge is 0.660 e. The van der Waals surface area contributed by atoms with E-state index in [1.165, 1.54) is 25.3 Å². The summed E-state index contributed by atoms with van der Waals surface area (Å²) in [5.74, 6) is 0.358. The average molecular weight is 690 g/mol. The molecule has 0 aromatic carbocycles. The zero-order chi connectivity index (χ0) is 31.0. The third kappa shape index (κ3) is 5.28. The third-order valence-corrected chi connectivity index (χ3v) is 10.7. The second kappa shape index (κ2) is 11.1. The standard InChI is InChI=1S/C20H26N12O8P2S2/c21-9-13-7(37-19(9)31-5-29-11-15(23)25-3-27-17(11)31)1-35-41(33,43)40-14-8(2-36-42(34,44)39-13)38-20(10(14)22)32-6-30-12-16(24)26-4-28-18(12)32/h3-10,13-14,19-20H,1-2,21-22H2,(H,33,43)(H,34,44)(H2,23,25,27)(H2,24,26,28)/p+1. The molecule has 0 amide bonds. The van der Waals surface area contributed by atoms with Crippen molar-refractivity contribution < 1.29 is 48.5 Å². The van der Waals surface area contributed by atoms with Gasteiger partial charge in [0.1, 0.15) is 42.0 Å². The number of quaternary nitrogens is 2. The molecule has 3 aliphatic rings. The maximum absolute atomic E-state index is 13.5. The summed E-state index contributed by atoms with van der Waals surface area (Å²) in [6.07, 6.45) is -0.0862. The first-order valence-electron chi connectivity index (χ1n) is 13.1. The second-order valence-electron chi connectivity index (χ2n) is 10.3. The quantitative estimate of drug-likeness (QED) is 0.108. The molecule has 3 saturated heterocycles. The molecule has 0 radical (unpaired) electrons. The lowest BCUT2D eigenvalue weighted by Crippen LogP contribution is -2.68. The summed E-state index contributed by atoms with van der Waals surface area (Å²) < 4.78 is 52.2. The van der Waals surface area contributed by atoms with Gasteiger partial charge in [-0.2, -0.15) is 0 Å². The van der Waals surface area contributed by atoms with Crippen LogP contribution in [0, 0.1) is 0 Å². The number of aromatic nitrogens is 8. The molecule has 11 N–H and O–H groups in total. The van der Waals surface area contributed by atoms with Crippen molar-refractivity contribution in [2.75, 3.05) is 24.7 Å². The first-order valence-corrected chi connectivity index (χ1v) is 18.2. The number of nitrogens with zero attached hydrogens (tertiary/aromatic N) is 8. The summed E-state index contributed by atoms with van der Waals surface area (Å²) in [6, 6.07) is -1.44. The molecule has 7 rings (SSSR count). The Bertz CT molecular complexity index is 1700. The molecule has 4 aromatic heterocycles. The molecule has 44 heavy (non-hydrogen) atoms. The lowest BCUT2D eigenvalue weighted by atomic mass is 10.1. The number of imidazole rings is 2. The van der Waals surface area contributed by atoms with Gasteiger partial charge in [-0.3, -0.25) is 18.2 Å². The van der Waals surface area contributed by atoms with Crippen molar-refractivity contribution in [3.05, 3.63) is 25.3 Å². The fourth-order valence-corrected chi connectivity index (χ4v) is 8.44. The van der Waals surface area contributed by atoms with E-state index in [-0.39, 0.29) is 24.8 Å². The molecule has 0 bridgehead atoms. The van der Waals surface area contributed by atoms with Crippen LogP contribution in [0.25, 0.3) is 22.3 Å². The summed E-state index contributed by atoms with van der Waals surface area (Å²) in [7, 11) is 0. The summed E-state index contributed by atoms with van der Waals surface area (Å²) >= 11 is 10.6. The van der Waals surface area contributed by atoms with Crippen LogP contribution in [0.15, 0.2) is 25.3 Å². The van der Waals surface area contributed by atoms with E-state index in [0.29, 0.717) is 22.3 Å². The number of rotatable bonds is 2. The Kier molecular flexibility index (Phi) is 7.64. The van der Waals surface area contributed by atoms with Crippen molar-refractivity contribution in [3.8, 4) is 0 Å². The average Bonchev–Trinajstić information content (AvgIpc) is 3.73. The molecule has 7 heterocycles. The highest BCUT2D eigenvalue weighted by Crippen LogP contribution is 2.54. The van der Waals surface area contributed by atoms with E-state index >= 15 is 0 Å². The summed E-state index contributed by atoms with van der Waals surface area (Å²) in [5, 5.41) is 0. The fourth-order valence-electron chi connectivity index (χ4n) is 5.50. The van der Waals surface area contributed by atoms with Gasteiger partial charge >= 0.3 is 6.72 Å². The Morgan fingerprint density at radius 1 is 0.841 bits per heavy atom. The molecule has 0 saturated carbocycles. The van der Waals surface area contributed by atoms with Crippen LogP contribution in [0.5, 0.6) is 0 Å². The van der Waals surface area contributed by atoms with E-state index in [9.17, 15) is 9.46 Å². The van der Waals surface area contributed by atoms with Gasteiger partial charge in [-0.05, 0) is 11.8 Å². The predicted molar refractivity (Wildman–Crippen MR) is 154 cm³/mol. The van der Waals surface area contributed by atoms with Gasteiger partial charge in [0.05, 0.1) is 25.9 Å². The Balaban J connectivity index is 1.17. The Morgan fingerprint density at radius 3 is 1.84 bits per heavy atom. The van der Waals surface area contributed by atoms with Crippen molar-refractivity contribution in [1.82, 2.24) is 39.0 Å². The van der Waals surface area contributed by atoms with Crippen molar-refractivity contribution in [1.29, 1.82) is 0 Å². The minimum Gasteiger partial charge on any atom is -0.660 e. The number of hydrogen-bond donors (Lipinski definition) is 5. The molecule has 236 valence electrons. The van der Waals surface area contributed by atoms with E-state index in [0.717, 1.165) is 0 Å². The molecule has 20 nitrogen and oxygen atoms in total. The Labute approximate surface area is 257 Å². The highest BCUT2D eigenvalue weighted by molar-refractivity contribution is 8.32. The molecular formula is C20H27N12O8P2S2+. The number of ether oxygens (including phenoxy) is 2. The number of anilines is 2. The van der Waals surface area contributed by atoms with Crippen LogP contribution in [-0.2, 0) is 56.2 Å². The second-order valence-corrected chi connectivity index (χ2v) is 15.8. The van der Waals surface area contributed by atoms with Gasteiger partial charge in [-0.15, -0.1) is 0 Å². The van der Waals surface area contributed by atoms with Gasteiger partial charge in [-0.1, -0.05) is 0 Å². The minimum atomic E-state index is -4.19. The Hall–Kier alpha value is -2.43. The lowest BCUT2D eigenvalue weighted by molar-refractivity contribution is -0.445. The highest BCUT2D eigenvalue weighted by atomic mass is 32.7. The van der Waals surface area contributed by atoms with Crippen LogP contribution < -0.4 is 22.9 Å². The van der Waals surface area contributed by atoms with Crippen LogP contribution in [0.4, 0.5) is 11.6 Å². The topological polar surface area (TPSA) is 287 Å². The summed E-state index contributed by atoms with van der Waals surface area (Å²) in [6.45, 7) is -8.83. The molecule has 3 aliphatic heterocycles. The van der Waals surface area contributed by atoms with E-state index in [1.54, 1.807) is 9.13 Å². The fraction of sp³-hybridized carbons (Fsp3) is 0.500. The molecule has 10 atom stereocenters. The third-order valence-electron chi connectivity index (χ3n) is 7.56. The van der Waals surface area contributed by atoms with Crippen LogP contribution in [0.2, 0.25) is 0 Å². The van der Waals surface area contributed by atoms with Crippen molar-refractivity contribution in [2.24, 2.45) is 0 Å². The van der Waals surface area contributed by atoms with Gasteiger partial charge in [-0.25, -0.2) is 29.9 Å². The van der Waals surface area contributed by atoms with E-state index in [2.05, 4.69) is 41.4 Å².